The molecule has 0 amide bonds. The second-order valence-corrected chi connectivity index (χ2v) is 6.36. The molecule has 0 spiro atoms. The Balaban J connectivity index is 2.31. The Morgan fingerprint density at radius 2 is 1.78 bits per heavy atom. The van der Waals surface area contributed by atoms with Crippen LogP contribution in [0.3, 0.4) is 0 Å². The van der Waals surface area contributed by atoms with Gasteiger partial charge in [0, 0.05) is 9.50 Å². The van der Waals surface area contributed by atoms with Gasteiger partial charge < -0.3 is 0 Å². The molecule has 2 aromatic rings. The summed E-state index contributed by atoms with van der Waals surface area (Å²) in [6, 6.07) is 14.6. The summed E-state index contributed by atoms with van der Waals surface area (Å²) < 4.78 is 0.997. The summed E-state index contributed by atoms with van der Waals surface area (Å²) in [5, 5.41) is 0.769. The number of rotatable bonds is 3. The molecule has 0 heterocycles. The third kappa shape index (κ3) is 3.17. The van der Waals surface area contributed by atoms with Gasteiger partial charge in [0.25, 0.3) is 0 Å². The predicted molar refractivity (Wildman–Crippen MR) is 85.7 cm³/mol. The van der Waals surface area contributed by atoms with Crippen molar-refractivity contribution >= 4 is 43.5 Å². The molecule has 0 aliphatic heterocycles. The normalized spacial score (nSPS) is 12.4. The van der Waals surface area contributed by atoms with Crippen molar-refractivity contribution in [3.05, 3.63) is 68.7 Å². The van der Waals surface area contributed by atoms with E-state index in [1.807, 2.05) is 18.2 Å². The molecule has 0 fully saturated rings. The zero-order valence-electron chi connectivity index (χ0n) is 9.96. The first-order chi connectivity index (χ1) is 8.61. The molecule has 0 saturated heterocycles. The number of halogens is 3. The summed E-state index contributed by atoms with van der Waals surface area (Å²) >= 11 is 13.4. The molecule has 0 aliphatic carbocycles. The summed E-state index contributed by atoms with van der Waals surface area (Å²) in [6.45, 7) is 2.16. The molecule has 94 valence electrons. The van der Waals surface area contributed by atoms with Gasteiger partial charge in [-0.05, 0) is 35.2 Å². The Kier molecular flexibility index (Phi) is 4.88. The third-order valence-corrected chi connectivity index (χ3v) is 4.76. The monoisotopic (exact) mass is 386 g/mol. The van der Waals surface area contributed by atoms with E-state index in [1.54, 1.807) is 0 Å². The minimum Gasteiger partial charge on any atom is -0.0839 e. The molecule has 2 rings (SSSR count). The lowest BCUT2D eigenvalue weighted by atomic mass is 10.0. The summed E-state index contributed by atoms with van der Waals surface area (Å²) in [4.78, 5) is 0.129. The van der Waals surface area contributed by atoms with E-state index < -0.39 is 0 Å². The summed E-state index contributed by atoms with van der Waals surface area (Å²) in [6.07, 6.45) is 1.06. The van der Waals surface area contributed by atoms with Crippen LogP contribution in [0.25, 0.3) is 0 Å². The highest BCUT2D eigenvalue weighted by Crippen LogP contribution is 2.36. The van der Waals surface area contributed by atoms with E-state index in [9.17, 15) is 0 Å². The first-order valence-electron chi connectivity index (χ1n) is 5.79. The summed E-state index contributed by atoms with van der Waals surface area (Å²) in [7, 11) is 0. The van der Waals surface area contributed by atoms with Gasteiger partial charge in [-0.1, -0.05) is 80.7 Å². The Morgan fingerprint density at radius 3 is 2.33 bits per heavy atom. The number of hydrogen-bond acceptors (Lipinski definition) is 0. The SMILES string of the molecule is CCc1ccc(C(Br)c2ccc(Br)cc2Cl)cc1. The second kappa shape index (κ2) is 6.23. The van der Waals surface area contributed by atoms with Crippen molar-refractivity contribution in [1.29, 1.82) is 0 Å². The Bertz CT molecular complexity index is 535. The quantitative estimate of drug-likeness (QED) is 0.553. The van der Waals surface area contributed by atoms with Crippen LogP contribution in [-0.2, 0) is 6.42 Å². The molecule has 0 bridgehead atoms. The summed E-state index contributed by atoms with van der Waals surface area (Å²) in [5.74, 6) is 0. The van der Waals surface area contributed by atoms with E-state index in [4.69, 9.17) is 11.6 Å². The highest BCUT2D eigenvalue weighted by atomic mass is 79.9. The minimum absolute atomic E-state index is 0.129. The Hall–Kier alpha value is -0.310. The lowest BCUT2D eigenvalue weighted by Gasteiger charge is -2.13. The molecule has 0 aromatic heterocycles. The van der Waals surface area contributed by atoms with Crippen LogP contribution in [0.15, 0.2) is 46.9 Å². The van der Waals surface area contributed by atoms with Crippen LogP contribution in [-0.4, -0.2) is 0 Å². The van der Waals surface area contributed by atoms with E-state index >= 15 is 0 Å². The molecule has 0 nitrogen and oxygen atoms in total. The maximum Gasteiger partial charge on any atom is 0.0659 e. The zero-order chi connectivity index (χ0) is 13.1. The van der Waals surface area contributed by atoms with Crippen LogP contribution in [0.1, 0.15) is 28.4 Å². The Morgan fingerprint density at radius 1 is 1.11 bits per heavy atom. The van der Waals surface area contributed by atoms with Gasteiger partial charge in [0.2, 0.25) is 0 Å². The number of alkyl halides is 1. The fourth-order valence-electron chi connectivity index (χ4n) is 1.81. The molecule has 0 aliphatic rings. The molecule has 3 heteroatoms. The number of hydrogen-bond donors (Lipinski definition) is 0. The van der Waals surface area contributed by atoms with Gasteiger partial charge in [0.05, 0.1) is 4.83 Å². The molecule has 2 aromatic carbocycles. The average molecular weight is 389 g/mol. The van der Waals surface area contributed by atoms with Crippen LogP contribution >= 0.6 is 43.5 Å². The number of benzene rings is 2. The van der Waals surface area contributed by atoms with Crippen molar-refractivity contribution in [2.24, 2.45) is 0 Å². The van der Waals surface area contributed by atoms with Gasteiger partial charge in [-0.2, -0.15) is 0 Å². The minimum atomic E-state index is 0.129. The first kappa shape index (κ1) is 14.1. The maximum absolute atomic E-state index is 6.27. The highest BCUT2D eigenvalue weighted by Gasteiger charge is 2.13. The van der Waals surface area contributed by atoms with Crippen LogP contribution < -0.4 is 0 Å². The highest BCUT2D eigenvalue weighted by molar-refractivity contribution is 9.10. The molecule has 18 heavy (non-hydrogen) atoms. The average Bonchev–Trinajstić information content (AvgIpc) is 2.38. The third-order valence-electron chi connectivity index (χ3n) is 2.92. The largest absolute Gasteiger partial charge is 0.0839 e. The van der Waals surface area contributed by atoms with Crippen LogP contribution in [0.2, 0.25) is 5.02 Å². The van der Waals surface area contributed by atoms with Crippen LogP contribution in [0, 0.1) is 0 Å². The van der Waals surface area contributed by atoms with E-state index in [0.717, 1.165) is 21.5 Å². The molecular formula is C15H13Br2Cl. The molecule has 1 unspecified atom stereocenters. The van der Waals surface area contributed by atoms with Gasteiger partial charge in [0.1, 0.15) is 0 Å². The fourth-order valence-corrected chi connectivity index (χ4v) is 3.43. The van der Waals surface area contributed by atoms with E-state index in [-0.39, 0.29) is 4.83 Å². The molecule has 1 atom stereocenters. The summed E-state index contributed by atoms with van der Waals surface area (Å²) in [5.41, 5.74) is 3.65. The van der Waals surface area contributed by atoms with Crippen molar-refractivity contribution in [2.45, 2.75) is 18.2 Å². The van der Waals surface area contributed by atoms with Crippen molar-refractivity contribution in [3.63, 3.8) is 0 Å². The smallest absolute Gasteiger partial charge is 0.0659 e. The van der Waals surface area contributed by atoms with E-state index in [2.05, 4.69) is 63.0 Å². The van der Waals surface area contributed by atoms with Gasteiger partial charge in [-0.15, -0.1) is 0 Å². The van der Waals surface area contributed by atoms with Crippen LogP contribution in [0.4, 0.5) is 0 Å². The van der Waals surface area contributed by atoms with E-state index in [1.165, 1.54) is 11.1 Å². The lowest BCUT2D eigenvalue weighted by Crippen LogP contribution is -1.94. The van der Waals surface area contributed by atoms with Gasteiger partial charge >= 0.3 is 0 Å². The van der Waals surface area contributed by atoms with Crippen LogP contribution in [0.5, 0.6) is 0 Å². The van der Waals surface area contributed by atoms with Crippen molar-refractivity contribution < 1.29 is 0 Å². The topological polar surface area (TPSA) is 0 Å². The van der Waals surface area contributed by atoms with Gasteiger partial charge in [0.15, 0.2) is 0 Å². The predicted octanol–water partition coefficient (Wildman–Crippen LogP) is 6.15. The zero-order valence-corrected chi connectivity index (χ0v) is 13.9. The standard InChI is InChI=1S/C15H13Br2Cl/c1-2-10-3-5-11(6-4-10)15(17)13-8-7-12(16)9-14(13)18/h3-9,15H,2H2,1H3. The van der Waals surface area contributed by atoms with Gasteiger partial charge in [-0.3, -0.25) is 0 Å². The fraction of sp³-hybridized carbons (Fsp3) is 0.200. The second-order valence-electron chi connectivity index (χ2n) is 4.12. The Labute approximate surface area is 130 Å². The molecule has 0 saturated carbocycles. The van der Waals surface area contributed by atoms with Crippen molar-refractivity contribution in [1.82, 2.24) is 0 Å². The van der Waals surface area contributed by atoms with Crippen molar-refractivity contribution in [3.8, 4) is 0 Å². The maximum atomic E-state index is 6.27. The molecule has 0 radical (unpaired) electrons. The van der Waals surface area contributed by atoms with E-state index in [0.29, 0.717) is 0 Å². The first-order valence-corrected chi connectivity index (χ1v) is 7.88. The molecule has 0 N–H and O–H groups in total. The van der Waals surface area contributed by atoms with Gasteiger partial charge in [-0.25, -0.2) is 0 Å². The molecular weight excluding hydrogens is 375 g/mol. The lowest BCUT2D eigenvalue weighted by molar-refractivity contribution is 1.11. The number of aryl methyl sites for hydroxylation is 1. The van der Waals surface area contributed by atoms with Crippen molar-refractivity contribution in [2.75, 3.05) is 0 Å².